The monoisotopic (exact) mass is 159 g/mol. The van der Waals surface area contributed by atoms with Crippen LogP contribution >= 0.6 is 0 Å². The van der Waals surface area contributed by atoms with Crippen LogP contribution in [0.1, 0.15) is 13.3 Å². The zero-order chi connectivity index (χ0) is 8.69. The summed E-state index contributed by atoms with van der Waals surface area (Å²) < 4.78 is 0. The highest BCUT2D eigenvalue weighted by Gasteiger charge is 2.06. The van der Waals surface area contributed by atoms with E-state index in [0.29, 0.717) is 6.04 Å². The molecule has 0 rings (SSSR count). The SMILES string of the molecule is CCCNCC(CN)N(C)C. The van der Waals surface area contributed by atoms with E-state index >= 15 is 0 Å². The summed E-state index contributed by atoms with van der Waals surface area (Å²) in [6.45, 7) is 4.98. The normalized spacial score (nSPS) is 13.9. The minimum atomic E-state index is 0.474. The summed E-state index contributed by atoms with van der Waals surface area (Å²) in [5.41, 5.74) is 5.57. The zero-order valence-electron chi connectivity index (χ0n) is 7.93. The molecule has 0 aliphatic carbocycles. The number of hydrogen-bond donors (Lipinski definition) is 2. The highest BCUT2D eigenvalue weighted by molar-refractivity contribution is 4.69. The molecule has 0 aromatic heterocycles. The number of nitrogens with one attached hydrogen (secondary N) is 1. The van der Waals surface area contributed by atoms with Crippen LogP contribution in [-0.4, -0.2) is 44.7 Å². The second kappa shape index (κ2) is 6.58. The van der Waals surface area contributed by atoms with Crippen LogP contribution in [0.25, 0.3) is 0 Å². The van der Waals surface area contributed by atoms with Gasteiger partial charge >= 0.3 is 0 Å². The Bertz CT molecular complexity index is 83.4. The smallest absolute Gasteiger partial charge is 0.0337 e. The van der Waals surface area contributed by atoms with Crippen LogP contribution in [0.3, 0.4) is 0 Å². The molecule has 0 aliphatic rings. The van der Waals surface area contributed by atoms with Crippen LogP contribution in [0.2, 0.25) is 0 Å². The molecule has 0 aromatic rings. The van der Waals surface area contributed by atoms with Gasteiger partial charge in [-0.05, 0) is 27.1 Å². The van der Waals surface area contributed by atoms with Gasteiger partial charge in [0.15, 0.2) is 0 Å². The summed E-state index contributed by atoms with van der Waals surface area (Å²) in [6, 6.07) is 0.474. The van der Waals surface area contributed by atoms with Crippen LogP contribution < -0.4 is 11.1 Å². The average molecular weight is 159 g/mol. The number of nitrogens with zero attached hydrogens (tertiary/aromatic N) is 1. The maximum Gasteiger partial charge on any atom is 0.0337 e. The molecule has 1 atom stereocenters. The lowest BCUT2D eigenvalue weighted by molar-refractivity contribution is 0.289. The molecule has 0 saturated carbocycles. The molecule has 0 aliphatic heterocycles. The molecule has 0 fully saturated rings. The van der Waals surface area contributed by atoms with E-state index in [1.807, 2.05) is 0 Å². The Hall–Kier alpha value is -0.120. The van der Waals surface area contributed by atoms with Crippen molar-refractivity contribution in [1.29, 1.82) is 0 Å². The molecule has 0 aromatic carbocycles. The van der Waals surface area contributed by atoms with E-state index in [1.165, 1.54) is 6.42 Å². The van der Waals surface area contributed by atoms with Gasteiger partial charge in [0.2, 0.25) is 0 Å². The fourth-order valence-corrected chi connectivity index (χ4v) is 0.922. The van der Waals surface area contributed by atoms with Gasteiger partial charge in [-0.3, -0.25) is 0 Å². The van der Waals surface area contributed by atoms with E-state index in [1.54, 1.807) is 0 Å². The van der Waals surface area contributed by atoms with Crippen LogP contribution in [-0.2, 0) is 0 Å². The van der Waals surface area contributed by atoms with Crippen LogP contribution in [0.5, 0.6) is 0 Å². The van der Waals surface area contributed by atoms with Gasteiger partial charge in [-0.2, -0.15) is 0 Å². The first kappa shape index (κ1) is 10.9. The number of likely N-dealkylation sites (N-methyl/N-ethyl adjacent to an activating group) is 1. The van der Waals surface area contributed by atoms with Crippen molar-refractivity contribution >= 4 is 0 Å². The minimum absolute atomic E-state index is 0.474. The Morgan fingerprint density at radius 1 is 1.45 bits per heavy atom. The quantitative estimate of drug-likeness (QED) is 0.531. The third-order valence-electron chi connectivity index (χ3n) is 1.81. The zero-order valence-corrected chi connectivity index (χ0v) is 7.93. The van der Waals surface area contributed by atoms with E-state index in [0.717, 1.165) is 19.6 Å². The summed E-state index contributed by atoms with van der Waals surface area (Å²) in [5.74, 6) is 0. The Morgan fingerprint density at radius 3 is 2.45 bits per heavy atom. The summed E-state index contributed by atoms with van der Waals surface area (Å²) in [4.78, 5) is 2.16. The molecule has 3 heteroatoms. The summed E-state index contributed by atoms with van der Waals surface area (Å²) in [6.07, 6.45) is 1.19. The molecular weight excluding hydrogens is 138 g/mol. The van der Waals surface area contributed by atoms with E-state index in [2.05, 4.69) is 31.2 Å². The Labute approximate surface area is 69.9 Å². The average Bonchev–Trinajstić information content (AvgIpc) is 1.97. The second-order valence-electron chi connectivity index (χ2n) is 3.06. The number of nitrogens with two attached hydrogens (primary N) is 1. The van der Waals surface area contributed by atoms with Crippen molar-refractivity contribution in [3.8, 4) is 0 Å². The van der Waals surface area contributed by atoms with Crippen LogP contribution in [0, 0.1) is 0 Å². The van der Waals surface area contributed by atoms with Gasteiger partial charge in [-0.15, -0.1) is 0 Å². The lowest BCUT2D eigenvalue weighted by atomic mass is 10.2. The van der Waals surface area contributed by atoms with Crippen molar-refractivity contribution in [1.82, 2.24) is 10.2 Å². The largest absolute Gasteiger partial charge is 0.329 e. The fourth-order valence-electron chi connectivity index (χ4n) is 0.922. The molecule has 11 heavy (non-hydrogen) atoms. The van der Waals surface area contributed by atoms with Crippen molar-refractivity contribution in [2.24, 2.45) is 5.73 Å². The van der Waals surface area contributed by atoms with E-state index in [4.69, 9.17) is 5.73 Å². The van der Waals surface area contributed by atoms with Crippen molar-refractivity contribution < 1.29 is 0 Å². The van der Waals surface area contributed by atoms with Gasteiger partial charge in [0, 0.05) is 19.1 Å². The lowest BCUT2D eigenvalue weighted by Gasteiger charge is -2.22. The highest BCUT2D eigenvalue weighted by Crippen LogP contribution is 1.87. The molecule has 0 bridgehead atoms. The van der Waals surface area contributed by atoms with Crippen molar-refractivity contribution in [3.63, 3.8) is 0 Å². The van der Waals surface area contributed by atoms with Gasteiger partial charge in [0.25, 0.3) is 0 Å². The van der Waals surface area contributed by atoms with Gasteiger partial charge in [0.1, 0.15) is 0 Å². The molecule has 68 valence electrons. The topological polar surface area (TPSA) is 41.3 Å². The predicted octanol–water partition coefficient (Wildman–Crippen LogP) is -0.125. The van der Waals surface area contributed by atoms with Crippen molar-refractivity contribution in [3.05, 3.63) is 0 Å². The lowest BCUT2D eigenvalue weighted by Crippen LogP contribution is -2.43. The Balaban J connectivity index is 3.36. The molecular formula is C8H21N3. The standard InChI is InChI=1S/C8H21N3/c1-4-5-10-7-8(6-9)11(2)3/h8,10H,4-7,9H2,1-3H3. The van der Waals surface area contributed by atoms with Gasteiger partial charge in [0.05, 0.1) is 0 Å². The molecule has 1 unspecified atom stereocenters. The minimum Gasteiger partial charge on any atom is -0.329 e. The van der Waals surface area contributed by atoms with E-state index in [-0.39, 0.29) is 0 Å². The number of rotatable bonds is 6. The Morgan fingerprint density at radius 2 is 2.09 bits per heavy atom. The molecule has 0 spiro atoms. The molecule has 0 radical (unpaired) electrons. The molecule has 3 N–H and O–H groups in total. The van der Waals surface area contributed by atoms with Crippen LogP contribution in [0.4, 0.5) is 0 Å². The highest BCUT2D eigenvalue weighted by atomic mass is 15.1. The predicted molar refractivity (Wildman–Crippen MR) is 49.7 cm³/mol. The first-order valence-corrected chi connectivity index (χ1v) is 4.29. The third kappa shape index (κ3) is 5.18. The summed E-state index contributed by atoms with van der Waals surface area (Å²) >= 11 is 0. The summed E-state index contributed by atoms with van der Waals surface area (Å²) in [7, 11) is 4.12. The number of hydrogen-bond acceptors (Lipinski definition) is 3. The van der Waals surface area contributed by atoms with Gasteiger partial charge in [-0.1, -0.05) is 6.92 Å². The second-order valence-corrected chi connectivity index (χ2v) is 3.06. The first-order valence-electron chi connectivity index (χ1n) is 4.29. The fraction of sp³-hybridized carbons (Fsp3) is 1.00. The van der Waals surface area contributed by atoms with Crippen molar-refractivity contribution in [2.75, 3.05) is 33.7 Å². The maximum atomic E-state index is 5.57. The van der Waals surface area contributed by atoms with Crippen LogP contribution in [0.15, 0.2) is 0 Å². The van der Waals surface area contributed by atoms with Gasteiger partial charge in [-0.25, -0.2) is 0 Å². The molecule has 0 heterocycles. The maximum absolute atomic E-state index is 5.57. The Kier molecular flexibility index (Phi) is 6.51. The summed E-state index contributed by atoms with van der Waals surface area (Å²) in [5, 5.41) is 3.35. The van der Waals surface area contributed by atoms with E-state index in [9.17, 15) is 0 Å². The first-order chi connectivity index (χ1) is 5.22. The van der Waals surface area contributed by atoms with Crippen molar-refractivity contribution in [2.45, 2.75) is 19.4 Å². The molecule has 0 amide bonds. The molecule has 3 nitrogen and oxygen atoms in total. The van der Waals surface area contributed by atoms with Gasteiger partial charge < -0.3 is 16.0 Å². The van der Waals surface area contributed by atoms with E-state index < -0.39 is 0 Å². The molecule has 0 saturated heterocycles. The third-order valence-corrected chi connectivity index (χ3v) is 1.81.